The normalized spacial score (nSPS) is 11.3. The van der Waals surface area contributed by atoms with Crippen LogP contribution in [0.3, 0.4) is 0 Å². The molecule has 0 aliphatic rings. The van der Waals surface area contributed by atoms with Crippen LogP contribution in [0.2, 0.25) is 0 Å². The maximum Gasteiger partial charge on any atom is 0.272 e. The summed E-state index contributed by atoms with van der Waals surface area (Å²) in [4.78, 5) is 23.1. The van der Waals surface area contributed by atoms with E-state index in [9.17, 15) is 9.59 Å². The van der Waals surface area contributed by atoms with Crippen LogP contribution in [0.5, 0.6) is 0 Å². The SMILES string of the molecule is Cc1nn(C)c(C(=O)NC(C)(C)C(N)=O)c1N. The first kappa shape index (κ1) is 13.0. The molecular weight excluding hydrogens is 222 g/mol. The van der Waals surface area contributed by atoms with Crippen molar-refractivity contribution in [2.45, 2.75) is 26.3 Å². The molecule has 2 amide bonds. The number of hydrogen-bond acceptors (Lipinski definition) is 4. The number of nitrogens with one attached hydrogen (secondary N) is 1. The van der Waals surface area contributed by atoms with Gasteiger partial charge in [-0.05, 0) is 20.8 Å². The monoisotopic (exact) mass is 239 g/mol. The van der Waals surface area contributed by atoms with E-state index in [1.165, 1.54) is 18.5 Å². The standard InChI is InChI=1S/C10H17N5O2/c1-5-6(11)7(15(4)14-5)8(16)13-10(2,3)9(12)17/h11H2,1-4H3,(H2,12,17)(H,13,16). The number of aromatic nitrogens is 2. The highest BCUT2D eigenvalue weighted by molar-refractivity contribution is 6.01. The number of primary amides is 1. The number of anilines is 1. The van der Waals surface area contributed by atoms with Crippen LogP contribution in [-0.2, 0) is 11.8 Å². The summed E-state index contributed by atoms with van der Waals surface area (Å²) >= 11 is 0. The smallest absolute Gasteiger partial charge is 0.272 e. The molecule has 0 fully saturated rings. The molecule has 94 valence electrons. The number of nitrogens with two attached hydrogens (primary N) is 2. The van der Waals surface area contributed by atoms with Gasteiger partial charge in [0.25, 0.3) is 5.91 Å². The summed E-state index contributed by atoms with van der Waals surface area (Å²) in [6.45, 7) is 4.74. The van der Waals surface area contributed by atoms with Gasteiger partial charge in [0.15, 0.2) is 0 Å². The number of nitrogens with zero attached hydrogens (tertiary/aromatic N) is 2. The van der Waals surface area contributed by atoms with Crippen molar-refractivity contribution in [1.82, 2.24) is 15.1 Å². The van der Waals surface area contributed by atoms with Crippen molar-refractivity contribution in [3.63, 3.8) is 0 Å². The fourth-order valence-corrected chi connectivity index (χ4v) is 1.35. The Kier molecular flexibility index (Phi) is 3.12. The third kappa shape index (κ3) is 2.38. The van der Waals surface area contributed by atoms with Crippen LogP contribution in [0.4, 0.5) is 5.69 Å². The second-order valence-electron chi connectivity index (χ2n) is 4.41. The summed E-state index contributed by atoms with van der Waals surface area (Å²) in [7, 11) is 1.61. The molecule has 0 saturated carbocycles. The molecule has 0 radical (unpaired) electrons. The van der Waals surface area contributed by atoms with Crippen LogP contribution >= 0.6 is 0 Å². The Balaban J connectivity index is 3.03. The molecule has 0 atom stereocenters. The Morgan fingerprint density at radius 3 is 2.29 bits per heavy atom. The Labute approximate surface area is 99.1 Å². The van der Waals surface area contributed by atoms with Gasteiger partial charge in [0.05, 0.1) is 11.4 Å². The zero-order chi connectivity index (χ0) is 13.4. The Hall–Kier alpha value is -2.05. The number of nitrogen functional groups attached to an aromatic ring is 1. The average Bonchev–Trinajstić information content (AvgIpc) is 2.39. The number of carbonyl (C=O) groups is 2. The van der Waals surface area contributed by atoms with Crippen LogP contribution in [0.25, 0.3) is 0 Å². The molecule has 0 saturated heterocycles. The van der Waals surface area contributed by atoms with E-state index in [4.69, 9.17) is 11.5 Å². The molecule has 7 nitrogen and oxygen atoms in total. The predicted molar refractivity (Wildman–Crippen MR) is 63.1 cm³/mol. The molecule has 0 unspecified atom stereocenters. The molecule has 1 aromatic rings. The molecular formula is C10H17N5O2. The molecule has 17 heavy (non-hydrogen) atoms. The molecule has 1 aromatic heterocycles. The van der Waals surface area contributed by atoms with Gasteiger partial charge in [0, 0.05) is 7.05 Å². The first-order valence-electron chi connectivity index (χ1n) is 5.08. The minimum atomic E-state index is -1.14. The van der Waals surface area contributed by atoms with Crippen molar-refractivity contribution < 1.29 is 9.59 Å². The minimum absolute atomic E-state index is 0.219. The fourth-order valence-electron chi connectivity index (χ4n) is 1.35. The Morgan fingerprint density at radius 2 is 1.94 bits per heavy atom. The fraction of sp³-hybridized carbons (Fsp3) is 0.500. The number of rotatable bonds is 3. The quantitative estimate of drug-likeness (QED) is 0.647. The van der Waals surface area contributed by atoms with Gasteiger partial charge in [-0.15, -0.1) is 0 Å². The summed E-state index contributed by atoms with van der Waals surface area (Å²) in [5, 5.41) is 6.53. The molecule has 7 heteroatoms. The van der Waals surface area contributed by atoms with Crippen molar-refractivity contribution >= 4 is 17.5 Å². The van der Waals surface area contributed by atoms with Gasteiger partial charge in [0.1, 0.15) is 11.2 Å². The van der Waals surface area contributed by atoms with Crippen LogP contribution in [0.15, 0.2) is 0 Å². The van der Waals surface area contributed by atoms with Crippen LogP contribution < -0.4 is 16.8 Å². The van der Waals surface area contributed by atoms with Crippen molar-refractivity contribution in [3.8, 4) is 0 Å². The van der Waals surface area contributed by atoms with E-state index in [0.717, 1.165) is 0 Å². The van der Waals surface area contributed by atoms with E-state index in [-0.39, 0.29) is 5.69 Å². The molecule has 0 bridgehead atoms. The van der Waals surface area contributed by atoms with Crippen molar-refractivity contribution in [1.29, 1.82) is 0 Å². The molecule has 0 spiro atoms. The summed E-state index contributed by atoms with van der Waals surface area (Å²) in [5.41, 5.74) is 10.9. The van der Waals surface area contributed by atoms with Crippen LogP contribution in [0, 0.1) is 6.92 Å². The van der Waals surface area contributed by atoms with E-state index in [1.54, 1.807) is 14.0 Å². The summed E-state index contributed by atoms with van der Waals surface area (Å²) in [6.07, 6.45) is 0. The minimum Gasteiger partial charge on any atom is -0.395 e. The lowest BCUT2D eigenvalue weighted by atomic mass is 10.0. The van der Waals surface area contributed by atoms with Gasteiger partial charge in [-0.3, -0.25) is 14.3 Å². The van der Waals surface area contributed by atoms with Gasteiger partial charge in [-0.25, -0.2) is 0 Å². The lowest BCUT2D eigenvalue weighted by molar-refractivity contribution is -0.122. The third-order valence-electron chi connectivity index (χ3n) is 2.53. The Bertz CT molecular complexity index is 475. The van der Waals surface area contributed by atoms with E-state index in [2.05, 4.69) is 10.4 Å². The highest BCUT2D eigenvalue weighted by atomic mass is 16.2. The maximum atomic E-state index is 12.0. The van der Waals surface area contributed by atoms with Gasteiger partial charge in [0.2, 0.25) is 5.91 Å². The molecule has 0 aliphatic carbocycles. The van der Waals surface area contributed by atoms with Gasteiger partial charge < -0.3 is 16.8 Å². The van der Waals surface area contributed by atoms with E-state index < -0.39 is 17.4 Å². The number of amides is 2. The highest BCUT2D eigenvalue weighted by Crippen LogP contribution is 2.16. The summed E-state index contributed by atoms with van der Waals surface area (Å²) in [6, 6.07) is 0. The first-order valence-corrected chi connectivity index (χ1v) is 5.08. The first-order chi connectivity index (χ1) is 7.66. The molecule has 1 rings (SSSR count). The lowest BCUT2D eigenvalue weighted by Crippen LogP contribution is -2.53. The Morgan fingerprint density at radius 1 is 1.41 bits per heavy atom. The third-order valence-corrected chi connectivity index (χ3v) is 2.53. The summed E-state index contributed by atoms with van der Waals surface area (Å²) in [5.74, 6) is -1.10. The van der Waals surface area contributed by atoms with Crippen molar-refractivity contribution in [2.75, 3.05) is 5.73 Å². The highest BCUT2D eigenvalue weighted by Gasteiger charge is 2.29. The largest absolute Gasteiger partial charge is 0.395 e. The zero-order valence-electron chi connectivity index (χ0n) is 10.4. The number of aryl methyl sites for hydroxylation is 2. The zero-order valence-corrected chi connectivity index (χ0v) is 10.4. The van der Waals surface area contributed by atoms with Crippen LogP contribution in [-0.4, -0.2) is 27.1 Å². The van der Waals surface area contributed by atoms with E-state index >= 15 is 0 Å². The topological polar surface area (TPSA) is 116 Å². The molecule has 0 aromatic carbocycles. The summed E-state index contributed by atoms with van der Waals surface area (Å²) < 4.78 is 1.37. The number of hydrogen-bond donors (Lipinski definition) is 3. The van der Waals surface area contributed by atoms with Gasteiger partial charge in [-0.2, -0.15) is 5.10 Å². The molecule has 0 aliphatic heterocycles. The second-order valence-corrected chi connectivity index (χ2v) is 4.41. The predicted octanol–water partition coefficient (Wildman–Crippen LogP) is -0.696. The molecule has 1 heterocycles. The lowest BCUT2D eigenvalue weighted by Gasteiger charge is -2.22. The molecule has 5 N–H and O–H groups in total. The van der Waals surface area contributed by atoms with Gasteiger partial charge in [-0.1, -0.05) is 0 Å². The number of carbonyl (C=O) groups excluding carboxylic acids is 2. The van der Waals surface area contributed by atoms with Crippen LogP contribution in [0.1, 0.15) is 30.0 Å². The van der Waals surface area contributed by atoms with Crippen molar-refractivity contribution in [2.24, 2.45) is 12.8 Å². The maximum absolute atomic E-state index is 12.0. The average molecular weight is 239 g/mol. The van der Waals surface area contributed by atoms with Gasteiger partial charge >= 0.3 is 0 Å². The van der Waals surface area contributed by atoms with E-state index in [1.807, 2.05) is 0 Å². The van der Waals surface area contributed by atoms with E-state index in [0.29, 0.717) is 11.4 Å². The second kappa shape index (κ2) is 4.08. The van der Waals surface area contributed by atoms with Crippen molar-refractivity contribution in [3.05, 3.63) is 11.4 Å².